The smallest absolute Gasteiger partial charge is 0.0206 e. The van der Waals surface area contributed by atoms with Crippen molar-refractivity contribution < 1.29 is 0 Å². The molecule has 2 unspecified atom stereocenters. The fourth-order valence-electron chi connectivity index (χ4n) is 2.11. The maximum absolute atomic E-state index is 3.93. The van der Waals surface area contributed by atoms with Gasteiger partial charge in [0, 0.05) is 0 Å². The van der Waals surface area contributed by atoms with Crippen LogP contribution in [0.4, 0.5) is 0 Å². The number of rotatable bonds is 6. The van der Waals surface area contributed by atoms with Crippen molar-refractivity contribution in [2.24, 2.45) is 17.8 Å². The molecule has 0 spiro atoms. The molecule has 0 saturated carbocycles. The van der Waals surface area contributed by atoms with Crippen LogP contribution in [0.1, 0.15) is 47.0 Å². The monoisotopic (exact) mass is 168 g/mol. The van der Waals surface area contributed by atoms with Crippen LogP contribution in [0.2, 0.25) is 0 Å². The Balaban J connectivity index is 4.12. The lowest BCUT2D eigenvalue weighted by atomic mass is 9.79. The van der Waals surface area contributed by atoms with Crippen LogP contribution >= 0.6 is 0 Å². The molecule has 0 rings (SSSR count). The molecule has 0 saturated heterocycles. The van der Waals surface area contributed by atoms with Crippen molar-refractivity contribution in [2.75, 3.05) is 0 Å². The van der Waals surface area contributed by atoms with Crippen LogP contribution in [0.5, 0.6) is 0 Å². The Morgan fingerprint density at radius 3 is 2.08 bits per heavy atom. The molecule has 2 atom stereocenters. The van der Waals surface area contributed by atoms with Crippen LogP contribution in [-0.2, 0) is 0 Å². The minimum atomic E-state index is 0.736. The van der Waals surface area contributed by atoms with Crippen molar-refractivity contribution in [2.45, 2.75) is 47.0 Å². The van der Waals surface area contributed by atoms with Crippen LogP contribution in [0.25, 0.3) is 0 Å². The molecule has 0 aliphatic carbocycles. The van der Waals surface area contributed by atoms with Gasteiger partial charge in [-0.1, -0.05) is 46.6 Å². The van der Waals surface area contributed by atoms with Gasteiger partial charge < -0.3 is 0 Å². The van der Waals surface area contributed by atoms with E-state index in [9.17, 15) is 0 Å². The van der Waals surface area contributed by atoms with E-state index in [4.69, 9.17) is 0 Å². The van der Waals surface area contributed by atoms with Crippen LogP contribution < -0.4 is 0 Å². The normalized spacial score (nSPS) is 16.1. The summed E-state index contributed by atoms with van der Waals surface area (Å²) in [6.07, 6.45) is 6.02. The van der Waals surface area contributed by atoms with E-state index in [0.717, 1.165) is 17.8 Å². The summed E-state index contributed by atoms with van der Waals surface area (Å²) < 4.78 is 0. The standard InChI is InChI=1S/C12H24/c1-6-9-11(7-2)12(8-3)10(4)5/h7,10-12H,2,6,8-9H2,1,3-5H3. The van der Waals surface area contributed by atoms with Gasteiger partial charge in [-0.25, -0.2) is 0 Å². The summed E-state index contributed by atoms with van der Waals surface area (Å²) in [7, 11) is 0. The third kappa shape index (κ3) is 3.42. The zero-order valence-corrected chi connectivity index (χ0v) is 9.14. The Morgan fingerprint density at radius 1 is 1.25 bits per heavy atom. The second kappa shape index (κ2) is 6.28. The lowest BCUT2D eigenvalue weighted by molar-refractivity contribution is 0.274. The quantitative estimate of drug-likeness (QED) is 0.519. The lowest BCUT2D eigenvalue weighted by Gasteiger charge is -2.26. The van der Waals surface area contributed by atoms with E-state index >= 15 is 0 Å². The van der Waals surface area contributed by atoms with Gasteiger partial charge >= 0.3 is 0 Å². The zero-order valence-electron chi connectivity index (χ0n) is 9.14. The Kier molecular flexibility index (Phi) is 6.14. The first kappa shape index (κ1) is 11.7. The lowest BCUT2D eigenvalue weighted by Crippen LogP contribution is -2.17. The molecule has 0 aromatic heterocycles. The topological polar surface area (TPSA) is 0 Å². The van der Waals surface area contributed by atoms with E-state index in [1.165, 1.54) is 19.3 Å². The van der Waals surface area contributed by atoms with E-state index in [2.05, 4.69) is 40.3 Å². The van der Waals surface area contributed by atoms with Gasteiger partial charge in [0.15, 0.2) is 0 Å². The van der Waals surface area contributed by atoms with E-state index < -0.39 is 0 Å². The average molecular weight is 168 g/mol. The van der Waals surface area contributed by atoms with Gasteiger partial charge in [-0.15, -0.1) is 6.58 Å². The Labute approximate surface area is 78.1 Å². The molecule has 0 aromatic carbocycles. The molecule has 0 N–H and O–H groups in total. The summed E-state index contributed by atoms with van der Waals surface area (Å²) in [5.41, 5.74) is 0. The van der Waals surface area contributed by atoms with E-state index in [0.29, 0.717) is 0 Å². The highest BCUT2D eigenvalue weighted by Gasteiger charge is 2.18. The highest BCUT2D eigenvalue weighted by molar-refractivity contribution is 4.85. The highest BCUT2D eigenvalue weighted by atomic mass is 14.2. The summed E-state index contributed by atoms with van der Waals surface area (Å²) in [6.45, 7) is 13.1. The van der Waals surface area contributed by atoms with Crippen LogP contribution in [0.15, 0.2) is 12.7 Å². The van der Waals surface area contributed by atoms with Crippen molar-refractivity contribution in [3.63, 3.8) is 0 Å². The fourth-order valence-corrected chi connectivity index (χ4v) is 2.11. The minimum absolute atomic E-state index is 0.736. The Hall–Kier alpha value is -0.260. The van der Waals surface area contributed by atoms with E-state index in [-0.39, 0.29) is 0 Å². The van der Waals surface area contributed by atoms with Crippen molar-refractivity contribution in [1.29, 1.82) is 0 Å². The molecular formula is C12H24. The summed E-state index contributed by atoms with van der Waals surface area (Å²) >= 11 is 0. The van der Waals surface area contributed by atoms with Gasteiger partial charge in [-0.2, -0.15) is 0 Å². The van der Waals surface area contributed by atoms with Crippen molar-refractivity contribution >= 4 is 0 Å². The maximum atomic E-state index is 3.93. The molecule has 0 heteroatoms. The van der Waals surface area contributed by atoms with Crippen LogP contribution in [-0.4, -0.2) is 0 Å². The molecule has 72 valence electrons. The third-order valence-corrected chi connectivity index (χ3v) is 2.80. The van der Waals surface area contributed by atoms with Gasteiger partial charge in [0.05, 0.1) is 0 Å². The number of hydrogen-bond donors (Lipinski definition) is 0. The second-order valence-electron chi connectivity index (χ2n) is 4.00. The molecule has 0 aliphatic heterocycles. The average Bonchev–Trinajstić information content (AvgIpc) is 2.03. The largest absolute Gasteiger partial charge is 0.103 e. The van der Waals surface area contributed by atoms with Gasteiger partial charge in [-0.05, 0) is 24.2 Å². The zero-order chi connectivity index (χ0) is 9.56. The van der Waals surface area contributed by atoms with Crippen LogP contribution in [0, 0.1) is 17.8 Å². The van der Waals surface area contributed by atoms with Gasteiger partial charge in [0.1, 0.15) is 0 Å². The molecular weight excluding hydrogens is 144 g/mol. The van der Waals surface area contributed by atoms with Gasteiger partial charge in [0.2, 0.25) is 0 Å². The molecule has 0 heterocycles. The first-order chi connectivity index (χ1) is 5.67. The first-order valence-corrected chi connectivity index (χ1v) is 5.29. The summed E-state index contributed by atoms with van der Waals surface area (Å²) in [5.74, 6) is 2.37. The molecule has 0 aromatic rings. The summed E-state index contributed by atoms with van der Waals surface area (Å²) in [6, 6.07) is 0. The SMILES string of the molecule is C=CC(CCC)C(CC)C(C)C. The van der Waals surface area contributed by atoms with Gasteiger partial charge in [0.25, 0.3) is 0 Å². The van der Waals surface area contributed by atoms with E-state index in [1.807, 2.05) is 0 Å². The number of allylic oxidation sites excluding steroid dienone is 1. The van der Waals surface area contributed by atoms with Gasteiger partial charge in [-0.3, -0.25) is 0 Å². The number of hydrogen-bond acceptors (Lipinski definition) is 0. The maximum Gasteiger partial charge on any atom is -0.0206 e. The predicted molar refractivity (Wildman–Crippen MR) is 57.2 cm³/mol. The minimum Gasteiger partial charge on any atom is -0.103 e. The molecule has 0 radical (unpaired) electrons. The molecule has 12 heavy (non-hydrogen) atoms. The summed E-state index contributed by atoms with van der Waals surface area (Å²) in [4.78, 5) is 0. The highest BCUT2D eigenvalue weighted by Crippen LogP contribution is 2.28. The third-order valence-electron chi connectivity index (χ3n) is 2.80. The van der Waals surface area contributed by atoms with E-state index in [1.54, 1.807) is 0 Å². The molecule has 0 nitrogen and oxygen atoms in total. The Morgan fingerprint density at radius 2 is 1.83 bits per heavy atom. The predicted octanol–water partition coefficient (Wildman–Crippen LogP) is 4.27. The van der Waals surface area contributed by atoms with Crippen molar-refractivity contribution in [3.8, 4) is 0 Å². The molecule has 0 amide bonds. The molecule has 0 bridgehead atoms. The van der Waals surface area contributed by atoms with Crippen molar-refractivity contribution in [1.82, 2.24) is 0 Å². The van der Waals surface area contributed by atoms with Crippen molar-refractivity contribution in [3.05, 3.63) is 12.7 Å². The second-order valence-corrected chi connectivity index (χ2v) is 4.00. The Bertz CT molecular complexity index is 113. The van der Waals surface area contributed by atoms with Crippen LogP contribution in [0.3, 0.4) is 0 Å². The fraction of sp³-hybridized carbons (Fsp3) is 0.833. The first-order valence-electron chi connectivity index (χ1n) is 5.29. The molecule has 0 aliphatic rings. The summed E-state index contributed by atoms with van der Waals surface area (Å²) in [5, 5.41) is 0. The molecule has 0 fully saturated rings.